The van der Waals surface area contributed by atoms with Crippen molar-refractivity contribution in [3.05, 3.63) is 29.8 Å². The average molecular weight is 277 g/mol. The second kappa shape index (κ2) is 6.75. The molecule has 0 saturated carbocycles. The van der Waals surface area contributed by atoms with E-state index in [2.05, 4.69) is 5.32 Å². The van der Waals surface area contributed by atoms with Gasteiger partial charge in [-0.15, -0.1) is 0 Å². The molecule has 20 heavy (non-hydrogen) atoms. The zero-order valence-electron chi connectivity index (χ0n) is 12.3. The molecule has 110 valence electrons. The summed E-state index contributed by atoms with van der Waals surface area (Å²) in [5, 5.41) is 3.31. The lowest BCUT2D eigenvalue weighted by atomic mass is 9.74. The third-order valence-electron chi connectivity index (χ3n) is 3.99. The van der Waals surface area contributed by atoms with Crippen LogP contribution in [-0.4, -0.2) is 32.8 Å². The van der Waals surface area contributed by atoms with Crippen molar-refractivity contribution in [2.45, 2.75) is 26.2 Å². The van der Waals surface area contributed by atoms with Gasteiger partial charge in [-0.1, -0.05) is 18.2 Å². The van der Waals surface area contributed by atoms with Crippen molar-refractivity contribution >= 4 is 5.97 Å². The average Bonchev–Trinajstić information content (AvgIpc) is 2.49. The van der Waals surface area contributed by atoms with Crippen molar-refractivity contribution in [3.8, 4) is 5.75 Å². The van der Waals surface area contributed by atoms with E-state index in [1.807, 2.05) is 31.2 Å². The summed E-state index contributed by atoms with van der Waals surface area (Å²) in [6.07, 6.45) is 2.30. The van der Waals surface area contributed by atoms with Gasteiger partial charge in [0.2, 0.25) is 0 Å². The first-order valence-corrected chi connectivity index (χ1v) is 7.22. The molecule has 0 spiro atoms. The Morgan fingerprint density at radius 3 is 2.65 bits per heavy atom. The zero-order chi connectivity index (χ0) is 14.4. The van der Waals surface area contributed by atoms with Gasteiger partial charge in [0.05, 0.1) is 19.1 Å². The summed E-state index contributed by atoms with van der Waals surface area (Å²) in [4.78, 5) is 12.4. The molecule has 4 heteroatoms. The summed E-state index contributed by atoms with van der Waals surface area (Å²) in [5.41, 5.74) is 0.653. The Labute approximate surface area is 120 Å². The number of methoxy groups -OCH3 is 1. The van der Waals surface area contributed by atoms with Crippen LogP contribution >= 0.6 is 0 Å². The molecule has 4 nitrogen and oxygen atoms in total. The molecule has 0 radical (unpaired) electrons. The number of carbonyl (C=O) groups is 1. The minimum absolute atomic E-state index is 0.0765. The molecule has 0 aromatic heterocycles. The highest BCUT2D eigenvalue weighted by Crippen LogP contribution is 2.36. The lowest BCUT2D eigenvalue weighted by Gasteiger charge is -2.35. The molecule has 1 heterocycles. The van der Waals surface area contributed by atoms with Crippen LogP contribution in [0.1, 0.15) is 25.3 Å². The summed E-state index contributed by atoms with van der Waals surface area (Å²) < 4.78 is 10.7. The molecular formula is C16H23NO3. The predicted molar refractivity (Wildman–Crippen MR) is 77.9 cm³/mol. The minimum atomic E-state index is -0.421. The van der Waals surface area contributed by atoms with E-state index in [0.717, 1.165) is 37.2 Å². The van der Waals surface area contributed by atoms with Gasteiger partial charge in [0, 0.05) is 0 Å². The summed E-state index contributed by atoms with van der Waals surface area (Å²) in [5.74, 6) is 0.766. The molecule has 1 aliphatic rings. The van der Waals surface area contributed by atoms with Gasteiger partial charge in [-0.05, 0) is 50.9 Å². The molecule has 0 atom stereocenters. The first-order chi connectivity index (χ1) is 9.72. The lowest BCUT2D eigenvalue weighted by molar-refractivity contribution is -0.157. The molecule has 2 rings (SSSR count). The molecule has 1 saturated heterocycles. The van der Waals surface area contributed by atoms with Gasteiger partial charge in [0.15, 0.2) is 0 Å². The molecular weight excluding hydrogens is 254 g/mol. The van der Waals surface area contributed by atoms with Gasteiger partial charge < -0.3 is 14.8 Å². The Kier molecular flexibility index (Phi) is 5.01. The Hall–Kier alpha value is -1.55. The van der Waals surface area contributed by atoms with Crippen LogP contribution in [0.4, 0.5) is 0 Å². The molecule has 1 aromatic rings. The highest BCUT2D eigenvalue weighted by atomic mass is 16.5. The number of ether oxygens (including phenoxy) is 2. The highest BCUT2D eigenvalue weighted by Gasteiger charge is 2.41. The molecule has 1 aliphatic heterocycles. The Balaban J connectivity index is 2.25. The van der Waals surface area contributed by atoms with Crippen molar-refractivity contribution in [2.75, 3.05) is 26.8 Å². The van der Waals surface area contributed by atoms with Crippen LogP contribution in [0.2, 0.25) is 0 Å². The van der Waals surface area contributed by atoms with Gasteiger partial charge in [-0.2, -0.15) is 0 Å². The maximum Gasteiger partial charge on any atom is 0.312 e. The van der Waals surface area contributed by atoms with Gasteiger partial charge in [0.25, 0.3) is 0 Å². The topological polar surface area (TPSA) is 47.6 Å². The summed E-state index contributed by atoms with van der Waals surface area (Å²) in [6.45, 7) is 4.00. The van der Waals surface area contributed by atoms with Crippen molar-refractivity contribution in [3.63, 3.8) is 0 Å². The van der Waals surface area contributed by atoms with Crippen molar-refractivity contribution in [2.24, 2.45) is 5.41 Å². The molecule has 0 aliphatic carbocycles. The van der Waals surface area contributed by atoms with Gasteiger partial charge >= 0.3 is 5.97 Å². The first-order valence-electron chi connectivity index (χ1n) is 7.22. The number of esters is 1. The molecule has 0 amide bonds. The maximum atomic E-state index is 12.4. The van der Waals surface area contributed by atoms with Crippen LogP contribution in [0.25, 0.3) is 0 Å². The fourth-order valence-corrected chi connectivity index (χ4v) is 2.86. The minimum Gasteiger partial charge on any atom is -0.496 e. The standard InChI is InChI=1S/C16H23NO3/c1-3-20-15(18)16(8-10-17-11-9-16)12-13-6-4-5-7-14(13)19-2/h4-7,17H,3,8-12H2,1-2H3. The van der Waals surface area contributed by atoms with E-state index >= 15 is 0 Å². The lowest BCUT2D eigenvalue weighted by Crippen LogP contribution is -2.44. The van der Waals surface area contributed by atoms with Gasteiger partial charge in [0.1, 0.15) is 5.75 Å². The Morgan fingerprint density at radius 1 is 1.30 bits per heavy atom. The Bertz CT molecular complexity index is 453. The van der Waals surface area contributed by atoms with Crippen LogP contribution < -0.4 is 10.1 Å². The van der Waals surface area contributed by atoms with E-state index in [1.54, 1.807) is 7.11 Å². The first kappa shape index (κ1) is 14.9. The van der Waals surface area contributed by atoms with E-state index in [0.29, 0.717) is 13.0 Å². The number of carbonyl (C=O) groups excluding carboxylic acids is 1. The van der Waals surface area contributed by atoms with E-state index in [1.165, 1.54) is 0 Å². The number of rotatable bonds is 5. The van der Waals surface area contributed by atoms with E-state index in [9.17, 15) is 4.79 Å². The molecule has 0 unspecified atom stereocenters. The van der Waals surface area contributed by atoms with E-state index in [4.69, 9.17) is 9.47 Å². The predicted octanol–water partition coefficient (Wildman–Crippen LogP) is 2.17. The molecule has 1 aromatic carbocycles. The SMILES string of the molecule is CCOC(=O)C1(Cc2ccccc2OC)CCNCC1. The molecule has 1 N–H and O–H groups in total. The van der Waals surface area contributed by atoms with E-state index in [-0.39, 0.29) is 5.97 Å². The van der Waals surface area contributed by atoms with Crippen molar-refractivity contribution in [1.82, 2.24) is 5.32 Å². The Morgan fingerprint density at radius 2 is 2.00 bits per heavy atom. The normalized spacial score (nSPS) is 17.5. The second-order valence-electron chi connectivity index (χ2n) is 5.24. The van der Waals surface area contributed by atoms with Crippen LogP contribution in [0.3, 0.4) is 0 Å². The van der Waals surface area contributed by atoms with Crippen LogP contribution in [0.5, 0.6) is 5.75 Å². The van der Waals surface area contributed by atoms with Gasteiger partial charge in [-0.3, -0.25) is 4.79 Å². The number of hydrogen-bond acceptors (Lipinski definition) is 4. The van der Waals surface area contributed by atoms with Crippen molar-refractivity contribution < 1.29 is 14.3 Å². The largest absolute Gasteiger partial charge is 0.496 e. The third kappa shape index (κ3) is 3.12. The fourth-order valence-electron chi connectivity index (χ4n) is 2.86. The smallest absolute Gasteiger partial charge is 0.312 e. The number of benzene rings is 1. The third-order valence-corrected chi connectivity index (χ3v) is 3.99. The zero-order valence-corrected chi connectivity index (χ0v) is 12.3. The molecule has 0 bridgehead atoms. The number of para-hydroxylation sites is 1. The quantitative estimate of drug-likeness (QED) is 0.838. The summed E-state index contributed by atoms with van der Waals surface area (Å²) in [6, 6.07) is 7.90. The number of piperidine rings is 1. The van der Waals surface area contributed by atoms with Crippen LogP contribution in [0.15, 0.2) is 24.3 Å². The molecule has 1 fully saturated rings. The van der Waals surface area contributed by atoms with Gasteiger partial charge in [-0.25, -0.2) is 0 Å². The second-order valence-corrected chi connectivity index (χ2v) is 5.24. The fraction of sp³-hybridized carbons (Fsp3) is 0.562. The monoisotopic (exact) mass is 277 g/mol. The number of hydrogen-bond donors (Lipinski definition) is 1. The summed E-state index contributed by atoms with van der Waals surface area (Å²) >= 11 is 0. The van der Waals surface area contributed by atoms with Crippen LogP contribution in [0, 0.1) is 5.41 Å². The maximum absolute atomic E-state index is 12.4. The highest BCUT2D eigenvalue weighted by molar-refractivity contribution is 5.77. The summed E-state index contributed by atoms with van der Waals surface area (Å²) in [7, 11) is 1.66. The van der Waals surface area contributed by atoms with Crippen molar-refractivity contribution in [1.29, 1.82) is 0 Å². The van der Waals surface area contributed by atoms with Crippen LogP contribution in [-0.2, 0) is 16.0 Å². The van der Waals surface area contributed by atoms with E-state index < -0.39 is 5.41 Å². The number of nitrogens with one attached hydrogen (secondary N) is 1.